The number of alkyl halides is 3. The minimum Gasteiger partial charge on any atom is -0.480 e. The summed E-state index contributed by atoms with van der Waals surface area (Å²) >= 11 is 0. The summed E-state index contributed by atoms with van der Waals surface area (Å²) in [6.45, 7) is 7.59. The van der Waals surface area contributed by atoms with Crippen molar-refractivity contribution in [2.45, 2.75) is 98.2 Å². The van der Waals surface area contributed by atoms with Crippen LogP contribution in [0, 0.1) is 57.7 Å². The molecule has 430 valence electrons. The quantitative estimate of drug-likeness (QED) is 0.00910. The summed E-state index contributed by atoms with van der Waals surface area (Å²) in [5.41, 5.74) is 16.9. The number of rotatable bonds is 22. The summed E-state index contributed by atoms with van der Waals surface area (Å²) in [6.07, 6.45) is -5.17. The summed E-state index contributed by atoms with van der Waals surface area (Å²) in [7, 11) is 0. The Hall–Kier alpha value is -10.4. The molecule has 6 rings (SSSR count). The third-order valence-corrected chi connectivity index (χ3v) is 12.1. The summed E-state index contributed by atoms with van der Waals surface area (Å²) in [5.74, 6) is -12.6. The first-order valence-electron chi connectivity index (χ1n) is 23.3. The van der Waals surface area contributed by atoms with E-state index in [1.54, 1.807) is 26.1 Å². The first-order valence-corrected chi connectivity index (χ1v) is 23.3. The van der Waals surface area contributed by atoms with Crippen molar-refractivity contribution in [1.82, 2.24) is 61.7 Å². The number of aryl methyl sites for hydroxylation is 2. The average molecular weight is 1140 g/mol. The number of hydrogen-bond acceptors (Lipinski definition) is 21. The van der Waals surface area contributed by atoms with Crippen molar-refractivity contribution in [3.8, 4) is 0 Å². The molecule has 37 heteroatoms. The number of nitrogens with zero attached hydrogens (tertiary/aromatic N) is 14. The lowest BCUT2D eigenvalue weighted by Crippen LogP contribution is -2.68. The highest BCUT2D eigenvalue weighted by Crippen LogP contribution is 2.29. The first kappa shape index (κ1) is 63.1. The zero-order valence-electron chi connectivity index (χ0n) is 43.0. The Balaban J connectivity index is 0.000000298. The highest BCUT2D eigenvalue weighted by Gasteiger charge is 2.53. The van der Waals surface area contributed by atoms with Crippen LogP contribution in [0.1, 0.15) is 50.5 Å². The topological polar surface area (TPSA) is 487 Å². The van der Waals surface area contributed by atoms with Gasteiger partial charge in [-0.25, -0.2) is 19.0 Å². The number of halogens is 3. The molecule has 2 saturated heterocycles. The third kappa shape index (κ3) is 16.8. The predicted molar refractivity (Wildman–Crippen MR) is 256 cm³/mol. The maximum atomic E-state index is 12.9. The molecule has 5 N–H and O–H groups in total. The van der Waals surface area contributed by atoms with E-state index in [-0.39, 0.29) is 31.1 Å². The van der Waals surface area contributed by atoms with E-state index in [1.807, 2.05) is 0 Å². The normalized spacial score (nSPS) is 17.3. The van der Waals surface area contributed by atoms with Crippen LogP contribution in [0.5, 0.6) is 0 Å². The average Bonchev–Trinajstić information content (AvgIpc) is 4.07. The van der Waals surface area contributed by atoms with Crippen molar-refractivity contribution in [3.05, 3.63) is 103 Å². The number of carboxylic acid groups (broad SMARTS) is 1. The molecule has 4 amide bonds. The Morgan fingerprint density at radius 2 is 1.06 bits per heavy atom. The number of non-ortho nitro benzene ring substituents is 2. The van der Waals surface area contributed by atoms with E-state index in [2.05, 4.69) is 56.6 Å². The van der Waals surface area contributed by atoms with Crippen molar-refractivity contribution >= 4 is 75.9 Å². The molecular formula is C44H47F3N18O16. The van der Waals surface area contributed by atoms with Crippen molar-refractivity contribution in [2.75, 3.05) is 0 Å². The van der Waals surface area contributed by atoms with E-state index >= 15 is 0 Å². The maximum absolute atomic E-state index is 12.9. The molecule has 0 saturated carbocycles. The van der Waals surface area contributed by atoms with Crippen LogP contribution in [-0.4, -0.2) is 160 Å². The number of aromatic nitrogens is 8. The number of amides is 4. The van der Waals surface area contributed by atoms with Gasteiger partial charge in [0.2, 0.25) is 17.7 Å². The molecule has 4 unspecified atom stereocenters. The molecule has 0 aliphatic carbocycles. The van der Waals surface area contributed by atoms with Crippen LogP contribution >= 0.6 is 0 Å². The van der Waals surface area contributed by atoms with Crippen LogP contribution < -0.4 is 21.3 Å². The van der Waals surface area contributed by atoms with Gasteiger partial charge in [0.1, 0.15) is 38.0 Å². The molecule has 81 heavy (non-hydrogen) atoms. The molecule has 0 spiro atoms. The second kappa shape index (κ2) is 27.7. The number of nitro groups is 2. The summed E-state index contributed by atoms with van der Waals surface area (Å²) in [4.78, 5) is 133. The van der Waals surface area contributed by atoms with Crippen LogP contribution in [0.2, 0.25) is 0 Å². The van der Waals surface area contributed by atoms with E-state index < -0.39 is 135 Å². The van der Waals surface area contributed by atoms with Crippen molar-refractivity contribution < 1.29 is 90.3 Å². The standard InChI is InChI=1S/C21H23N9O7.C19H18F3N5O7.C4H6N4O2/c1-10(17-16(20(33)24-17)11(2)23-15(31)8-29-12(3)26-27-28-29)19(32)18(25-22)21(34)37-9-13-4-6-14(7-5-13)30(35)36;1-8(13-12(16(29)25-13)9(2)24-18(31)19(20,21)22)15(28)14(26-23)17(30)34-7-10-3-5-11(6-4-10)27(32)33;1-3-5-6-7-8(3)2-4(9)10/h4-7,10-11,16-17H,8-9H2,1-3H3,(H,23,31)(H,24,33);3-6,8-9,12-13H,7H2,1-2H3,(H,24,31)(H,25,29);2H2,1H3,(H,9,10)/t10-,11-,16?,17?;8-,9-,12?,13?;/m11./s1. The van der Waals surface area contributed by atoms with E-state index in [0.717, 1.165) is 19.1 Å². The van der Waals surface area contributed by atoms with Gasteiger partial charge >= 0.3 is 41.4 Å². The highest BCUT2D eigenvalue weighted by molar-refractivity contribution is 6.63. The molecule has 2 aliphatic rings. The van der Waals surface area contributed by atoms with E-state index in [4.69, 9.17) is 20.1 Å². The summed E-state index contributed by atoms with van der Waals surface area (Å²) in [5, 5.41) is 59.9. The maximum Gasteiger partial charge on any atom is 0.471 e. The summed E-state index contributed by atoms with van der Waals surface area (Å²) < 4.78 is 49.8. The van der Waals surface area contributed by atoms with Crippen LogP contribution in [0.4, 0.5) is 24.5 Å². The second-order valence-electron chi connectivity index (χ2n) is 17.6. The minimum atomic E-state index is -5.17. The molecule has 4 aromatic rings. The van der Waals surface area contributed by atoms with Crippen LogP contribution in [0.15, 0.2) is 48.5 Å². The monoisotopic (exact) mass is 1140 g/mol. The van der Waals surface area contributed by atoms with Gasteiger partial charge in [0.05, 0.1) is 33.8 Å². The molecule has 2 fully saturated rings. The van der Waals surface area contributed by atoms with Crippen LogP contribution in [0.3, 0.4) is 0 Å². The van der Waals surface area contributed by atoms with Crippen LogP contribution in [-0.2, 0) is 78.9 Å². The smallest absolute Gasteiger partial charge is 0.471 e. The van der Waals surface area contributed by atoms with E-state index in [1.165, 1.54) is 59.6 Å². The Morgan fingerprint density at radius 1 is 0.691 bits per heavy atom. The van der Waals surface area contributed by atoms with Gasteiger partial charge in [0, 0.05) is 48.2 Å². The van der Waals surface area contributed by atoms with Crippen molar-refractivity contribution in [1.29, 1.82) is 0 Å². The first-order chi connectivity index (χ1) is 38.0. The Morgan fingerprint density at radius 3 is 1.37 bits per heavy atom. The SMILES string of the molecule is C[C@@H](NC(=O)C(F)(F)F)C1C(=O)NC1[C@@H](C)C(=O)C(=[N+]=[N-])C(=O)OCc1ccc([N+](=O)[O-])cc1.Cc1nnnn1CC(=O)N[C@H](C)C1C(=O)NC1[C@@H](C)C(=O)C(=[N+]=[N-])C(=O)OCc1ccc([N+](=O)[O-])cc1.Cc1nnnn1CC(=O)O. The number of tetrazole rings is 2. The number of carbonyl (C=O) groups excluding carboxylic acids is 8. The lowest BCUT2D eigenvalue weighted by atomic mass is 9.75. The van der Waals surface area contributed by atoms with E-state index in [9.17, 15) is 82.1 Å². The number of benzene rings is 2. The number of nitrogens with one attached hydrogen (secondary N) is 4. The van der Waals surface area contributed by atoms with E-state index in [0.29, 0.717) is 22.8 Å². The molecule has 0 radical (unpaired) electrons. The zero-order valence-corrected chi connectivity index (χ0v) is 43.0. The molecule has 0 bridgehead atoms. The molecule has 2 aromatic carbocycles. The minimum absolute atomic E-state index is 0.148. The van der Waals surface area contributed by atoms with Gasteiger partial charge in [-0.2, -0.15) is 22.8 Å². The molecule has 34 nitrogen and oxygen atoms in total. The number of β-lactam (4-membered cyclic amide) rings is 2. The Bertz CT molecular complexity index is 3190. The lowest BCUT2D eigenvalue weighted by molar-refractivity contribution is -0.385. The van der Waals surface area contributed by atoms with Gasteiger partial charge in [-0.3, -0.25) is 53.8 Å². The number of nitro benzene ring substituents is 2. The number of ketones is 2. The zero-order chi connectivity index (χ0) is 60.6. The van der Waals surface area contributed by atoms with Gasteiger partial charge in [0.25, 0.3) is 22.9 Å². The molecule has 8 atom stereocenters. The third-order valence-electron chi connectivity index (χ3n) is 12.1. The predicted octanol–water partition coefficient (Wildman–Crippen LogP) is -1.11. The number of carbonyl (C=O) groups is 9. The van der Waals surface area contributed by atoms with Gasteiger partial charge in [-0.1, -0.05) is 13.8 Å². The highest BCUT2D eigenvalue weighted by atomic mass is 19.4. The largest absolute Gasteiger partial charge is 0.480 e. The van der Waals surface area contributed by atoms with Gasteiger partial charge in [-0.05, 0) is 83.9 Å². The van der Waals surface area contributed by atoms with Gasteiger partial charge < -0.3 is 46.9 Å². The number of Topliss-reactive ketones (excluding diaryl/α,β-unsaturated/α-hetero) is 2. The molecule has 2 aliphatic heterocycles. The fourth-order valence-electron chi connectivity index (χ4n) is 7.61. The van der Waals surface area contributed by atoms with Crippen LogP contribution in [0.25, 0.3) is 11.1 Å². The fourth-order valence-corrected chi connectivity index (χ4v) is 7.61. The Labute approximate surface area is 451 Å². The molecule has 4 heterocycles. The van der Waals surface area contributed by atoms with Gasteiger partial charge in [0.15, 0.2) is 0 Å². The molecular weight excluding hydrogens is 1090 g/mol. The number of carboxylic acids is 1. The fraction of sp³-hybridized carbons (Fsp3) is 0.432. The summed E-state index contributed by atoms with van der Waals surface area (Å²) in [6, 6.07) is 6.31. The molecule has 2 aromatic heterocycles. The number of esters is 2. The Kier molecular flexibility index (Phi) is 21.6. The number of ether oxygens (including phenoxy) is 2. The lowest BCUT2D eigenvalue weighted by Gasteiger charge is -2.42. The number of aliphatic carboxylic acids is 1. The number of hydrogen-bond donors (Lipinski definition) is 5. The second-order valence-corrected chi connectivity index (χ2v) is 17.6. The van der Waals surface area contributed by atoms with Crippen molar-refractivity contribution in [3.63, 3.8) is 0 Å². The van der Waals surface area contributed by atoms with Gasteiger partial charge in [-0.15, -0.1) is 10.2 Å². The van der Waals surface area contributed by atoms with Crippen molar-refractivity contribution in [2.24, 2.45) is 23.7 Å².